The van der Waals surface area contributed by atoms with Crippen molar-refractivity contribution < 1.29 is 491 Å². The van der Waals surface area contributed by atoms with Gasteiger partial charge >= 0.3 is 370 Å². The third kappa shape index (κ3) is 1020. The Hall–Kier alpha value is 11.0. The Labute approximate surface area is 481 Å². The molecule has 0 aromatic heterocycles. The molecule has 41 heteroatoms. The van der Waals surface area contributed by atoms with Gasteiger partial charge in [0.05, 0.1) is 0 Å². The quantitative estimate of drug-likeness (QED) is 0.224. The van der Waals surface area contributed by atoms with Crippen LogP contribution in [0.5, 0.6) is 0 Å². The molecule has 0 unspecified atom stereocenters. The van der Waals surface area contributed by atoms with Gasteiger partial charge in [-0.05, 0) is 0 Å². The van der Waals surface area contributed by atoms with Crippen molar-refractivity contribution in [2.24, 2.45) is 0 Å². The van der Waals surface area contributed by atoms with E-state index in [4.69, 9.17) is 0 Å². The third-order valence-corrected chi connectivity index (χ3v) is 0. The predicted molar refractivity (Wildman–Crippen MR) is 15.1 cm³/mol. The van der Waals surface area contributed by atoms with Gasteiger partial charge in [0, 0.05) is 0 Å². The van der Waals surface area contributed by atoms with Crippen LogP contribution >= 0.6 is 0 Å². The summed E-state index contributed by atoms with van der Waals surface area (Å²) in [5, 5.41) is 0. The third-order valence-electron chi connectivity index (χ3n) is 0. The SMILES string of the molecule is [O-2].[O-2].[O-2].[O-2].[O-2].[O-2].[O-2].[O-2].[O-2].[O-2].[O-2].[O-2].[O-2].[O-2].[O-2].[O-2].[O-2].[O-2].[O-2].[O-2].[O-2].[O-2].[Zn+2].[Zn+2].[Zn+2].[Zn+2].[Zn+2].[Zn+2].[Zn+2].[Zn+2].[Zn+2].[Zn+2].[Zn+2].[Zn+2].[Zn+2].[Zn+2].[Zn+2].[Zn+2].[Zn+2].[Zn+2].[Zn+2]. The van der Waals surface area contributed by atoms with Crippen LogP contribution in [0.1, 0.15) is 0 Å². The number of rotatable bonds is 0. The molecule has 0 spiro atoms. The first-order valence-corrected chi connectivity index (χ1v) is 0. The topological polar surface area (TPSA) is 627 Å². The Kier molecular flexibility index (Phi) is 29000. The van der Waals surface area contributed by atoms with Crippen molar-refractivity contribution in [1.29, 1.82) is 0 Å². The Morgan fingerprint density at radius 3 is 0.0488 bits per heavy atom. The largest absolute Gasteiger partial charge is 2.00 e. The van der Waals surface area contributed by atoms with Gasteiger partial charge in [0.1, 0.15) is 0 Å². The van der Waals surface area contributed by atoms with Crippen LogP contribution < -0.4 is 0 Å². The van der Waals surface area contributed by atoms with Gasteiger partial charge in [-0.25, -0.2) is 0 Å². The summed E-state index contributed by atoms with van der Waals surface area (Å²) in [4.78, 5) is 0. The molecule has 22 nitrogen and oxygen atoms in total. The van der Waals surface area contributed by atoms with Crippen LogP contribution in [0.25, 0.3) is 0 Å². The van der Waals surface area contributed by atoms with Gasteiger partial charge in [-0.3, -0.25) is 0 Å². The normalized spacial score (nSPS) is 0. The van der Waals surface area contributed by atoms with E-state index in [-0.39, 0.29) is 491 Å². The predicted octanol–water partition coefficient (Wildman–Crippen LogP) is -2.66. The van der Waals surface area contributed by atoms with Gasteiger partial charge in [-0.15, -0.1) is 0 Å². The second kappa shape index (κ2) is 1060. The van der Waals surface area contributed by atoms with E-state index in [2.05, 4.69) is 0 Å². The van der Waals surface area contributed by atoms with Crippen LogP contribution in [0.4, 0.5) is 0 Å². The molecule has 41 heavy (non-hydrogen) atoms. The molecule has 0 aromatic rings. The second-order valence-electron chi connectivity index (χ2n) is 0. The minimum Gasteiger partial charge on any atom is -2.00 e. The fourth-order valence-corrected chi connectivity index (χ4v) is 0. The van der Waals surface area contributed by atoms with Crippen LogP contribution in [0.2, 0.25) is 0 Å². The van der Waals surface area contributed by atoms with Crippen molar-refractivity contribution in [2.45, 2.75) is 0 Å². The Morgan fingerprint density at radius 2 is 0.0488 bits per heavy atom. The van der Waals surface area contributed by atoms with Gasteiger partial charge in [-0.1, -0.05) is 0 Å². The fourth-order valence-electron chi connectivity index (χ4n) is 0. The Bertz CT molecular complexity index is 40.8. The summed E-state index contributed by atoms with van der Waals surface area (Å²) >= 11 is 0. The van der Waals surface area contributed by atoms with Crippen molar-refractivity contribution in [3.05, 3.63) is 0 Å². The smallest absolute Gasteiger partial charge is 2.00 e. The van der Waals surface area contributed by atoms with E-state index in [1.165, 1.54) is 0 Å². The van der Waals surface area contributed by atoms with Crippen LogP contribution in [-0.4, -0.2) is 0 Å². The van der Waals surface area contributed by atoms with Crippen LogP contribution in [0.15, 0.2) is 0 Å². The first kappa shape index (κ1) is 1120. The molecule has 0 rings (SSSR count). The van der Waals surface area contributed by atoms with Gasteiger partial charge in [0.2, 0.25) is 0 Å². The maximum atomic E-state index is 0. The molecule has 0 aliphatic carbocycles. The van der Waals surface area contributed by atoms with Crippen LogP contribution in [0, 0.1) is 0 Å². The van der Waals surface area contributed by atoms with Crippen LogP contribution in [-0.2, 0) is 491 Å². The summed E-state index contributed by atoms with van der Waals surface area (Å²) in [6.45, 7) is 0. The van der Waals surface area contributed by atoms with Gasteiger partial charge < -0.3 is 120 Å². The molecule has 176 valence electrons. The average molecular weight is 1590 g/mol. The first-order chi connectivity index (χ1) is 0. The summed E-state index contributed by atoms with van der Waals surface area (Å²) in [6, 6.07) is 0. The van der Waals surface area contributed by atoms with E-state index in [1.54, 1.807) is 0 Å². The van der Waals surface area contributed by atoms with E-state index in [1.807, 2.05) is 0 Å². The van der Waals surface area contributed by atoms with Crippen molar-refractivity contribution in [3.8, 4) is 0 Å². The van der Waals surface area contributed by atoms with Gasteiger partial charge in [0.15, 0.2) is 0 Å². The Balaban J connectivity index is 0. The van der Waals surface area contributed by atoms with E-state index < -0.39 is 0 Å². The maximum Gasteiger partial charge on any atom is 2.00 e. The summed E-state index contributed by atoms with van der Waals surface area (Å²) in [6.07, 6.45) is 0. The zero-order chi connectivity index (χ0) is 0. The summed E-state index contributed by atoms with van der Waals surface area (Å²) < 4.78 is 0. The standard InChI is InChI=1S/22O.19Zn/q22*-2;19*+2. The van der Waals surface area contributed by atoms with Crippen molar-refractivity contribution in [3.63, 3.8) is 0 Å². The molecule has 0 atom stereocenters. The molecule has 0 N–H and O–H groups in total. The molecule has 0 aliphatic heterocycles. The first-order valence-electron chi connectivity index (χ1n) is 0. The fraction of sp³-hybridized carbons (Fsp3) is 0. The average Bonchev–Trinajstić information content (AvgIpc) is 0. The second-order valence-corrected chi connectivity index (χ2v) is 0. The van der Waals surface area contributed by atoms with Crippen molar-refractivity contribution >= 4 is 0 Å². The number of hydrogen-bond donors (Lipinski definition) is 0. The zero-order valence-electron chi connectivity index (χ0n) is 22.4. The summed E-state index contributed by atoms with van der Waals surface area (Å²) in [7, 11) is 0. The summed E-state index contributed by atoms with van der Waals surface area (Å²) in [5.41, 5.74) is 0. The minimum atomic E-state index is 0. The van der Waals surface area contributed by atoms with E-state index in [9.17, 15) is 0 Å². The molecule has 0 heterocycles. The molecule has 0 amide bonds. The number of hydrogen-bond acceptors (Lipinski definition) is 0. The molecule has 0 fully saturated rings. The van der Waals surface area contributed by atoms with Crippen LogP contribution in [0.3, 0.4) is 0 Å². The molecule has 0 aromatic carbocycles. The maximum absolute atomic E-state index is 0. The van der Waals surface area contributed by atoms with E-state index >= 15 is 0 Å². The van der Waals surface area contributed by atoms with Gasteiger partial charge in [0.25, 0.3) is 0 Å². The monoisotopic (exact) mass is 1570 g/mol. The molecular weight excluding hydrogens is 1590 g/mol. The molecular formula is O22Zn19-6. The summed E-state index contributed by atoms with van der Waals surface area (Å²) in [5.74, 6) is 0. The molecule has 0 radical (unpaired) electrons. The Morgan fingerprint density at radius 1 is 0.0488 bits per heavy atom. The molecule has 0 bridgehead atoms. The van der Waals surface area contributed by atoms with Gasteiger partial charge in [-0.2, -0.15) is 0 Å². The van der Waals surface area contributed by atoms with Crippen molar-refractivity contribution in [1.82, 2.24) is 0 Å². The molecule has 0 aliphatic rings. The van der Waals surface area contributed by atoms with E-state index in [0.29, 0.717) is 0 Å². The molecule has 0 saturated heterocycles. The molecule has 0 saturated carbocycles. The zero-order valence-corrected chi connectivity index (χ0v) is 78.8. The van der Waals surface area contributed by atoms with E-state index in [0.717, 1.165) is 0 Å². The van der Waals surface area contributed by atoms with Crippen molar-refractivity contribution in [2.75, 3.05) is 0 Å². The minimum absolute atomic E-state index is 0.